The largest absolute Gasteiger partial charge is 0.153 e. The molecule has 4 heavy (non-hydrogen) atoms. The van der Waals surface area contributed by atoms with Crippen molar-refractivity contribution < 1.29 is 0 Å². The van der Waals surface area contributed by atoms with Crippen LogP contribution in [0.3, 0.4) is 0 Å². The first-order valence-electron chi connectivity index (χ1n) is 0.352. The third-order valence-corrected chi connectivity index (χ3v) is 0. The summed E-state index contributed by atoms with van der Waals surface area (Å²) in [4.78, 5) is 8.32. The first-order chi connectivity index (χ1) is 1.41. The van der Waals surface area contributed by atoms with Gasteiger partial charge in [-0.05, 0) is 0 Å². The van der Waals surface area contributed by atoms with Crippen molar-refractivity contribution in [2.75, 3.05) is 0 Å². The number of halogens is 1. The topological polar surface area (TPSA) is 29.4 Å². The van der Waals surface area contributed by atoms with Gasteiger partial charge in [0.1, 0.15) is 0 Å². The highest BCUT2D eigenvalue weighted by Crippen LogP contribution is 1.60. The molecule has 0 amide bonds. The van der Waals surface area contributed by atoms with Crippen LogP contribution in [-0.4, -0.2) is 0 Å². The van der Waals surface area contributed by atoms with Crippen molar-refractivity contribution >= 4 is 21.7 Å². The van der Waals surface area contributed by atoms with E-state index in [9.17, 15) is 0 Å². The van der Waals surface area contributed by atoms with Crippen molar-refractivity contribution in [2.24, 2.45) is 4.70 Å². The highest BCUT2D eigenvalue weighted by Gasteiger charge is 1.26. The molecule has 0 aliphatic rings. The fourth-order valence-electron chi connectivity index (χ4n) is 0. The fourth-order valence-corrected chi connectivity index (χ4v) is 0. The van der Waals surface area contributed by atoms with Crippen LogP contribution in [0.4, 0.5) is 0 Å². The molecule has 0 aromatic rings. The predicted octanol–water partition coefficient (Wildman–Crippen LogP) is 0.965. The lowest BCUT2D eigenvalue weighted by Gasteiger charge is -1.20. The van der Waals surface area contributed by atoms with E-state index in [-0.39, 0.29) is 9.90 Å². The quantitative estimate of drug-likeness (QED) is 0.329. The zero-order valence-electron chi connectivity index (χ0n) is 1.94. The van der Waals surface area contributed by atoms with Crippen molar-refractivity contribution in [3.05, 3.63) is 4.91 Å². The maximum atomic E-state index is 8.32. The van der Waals surface area contributed by atoms with Crippen LogP contribution in [0.2, 0.25) is 0 Å². The monoisotopic (exact) mass is 99.0 g/mol. The smallest absolute Gasteiger partial charge is 0.0835 e. The van der Waals surface area contributed by atoms with Gasteiger partial charge >= 0.3 is 0 Å². The van der Waals surface area contributed by atoms with E-state index in [1.165, 1.54) is 0 Å². The van der Waals surface area contributed by atoms with Gasteiger partial charge in [-0.2, -0.15) is 9.90 Å². The van der Waals surface area contributed by atoms with Crippen molar-refractivity contribution in [2.45, 2.75) is 0 Å². The Kier molecular flexibility index (Phi) is 22.7. The molecule has 0 heterocycles. The molecule has 1 unspecified atom stereocenters. The van der Waals surface area contributed by atoms with Crippen LogP contribution in [0.5, 0.6) is 0 Å². The molecule has 0 bridgehead atoms. The lowest BCUT2D eigenvalue weighted by Crippen LogP contribution is -0.941. The second-order valence-corrected chi connectivity index (χ2v) is 0.207. The van der Waals surface area contributed by atoms with Gasteiger partial charge in [0, 0.05) is 4.70 Å². The maximum absolute atomic E-state index is 8.32. The average Bonchev–Trinajstić information content (AvgIpc) is 0.918. The van der Waals surface area contributed by atoms with Crippen molar-refractivity contribution in [3.8, 4) is 0 Å². The van der Waals surface area contributed by atoms with Crippen molar-refractivity contribution in [1.82, 2.24) is 0 Å². The number of nitrogens with zero attached hydrogens (tertiary/aromatic N) is 1. The molecule has 0 spiro atoms. The van der Waals surface area contributed by atoms with Crippen molar-refractivity contribution in [1.29, 1.82) is 0 Å². The van der Waals surface area contributed by atoms with E-state index in [0.29, 0.717) is 0 Å². The number of nitroso groups, excluding NO2 is 1. The molecule has 26 valence electrons. The Morgan fingerprint density at radius 2 is 1.75 bits per heavy atom. The van der Waals surface area contributed by atoms with Gasteiger partial charge in [0.25, 0.3) is 0 Å². The maximum Gasteiger partial charge on any atom is 0.0835 e. The van der Waals surface area contributed by atoms with Crippen LogP contribution in [0.15, 0.2) is 4.70 Å². The molecule has 1 atom stereocenters. The van der Waals surface area contributed by atoms with Crippen molar-refractivity contribution in [3.63, 3.8) is 0 Å². The number of rotatable bonds is 0. The highest BCUT2D eigenvalue weighted by molar-refractivity contribution is 6.92. The molecule has 0 saturated carbocycles. The Balaban J connectivity index is 0. The SMILES string of the molecule is O=NCl.P. The second kappa shape index (κ2) is 10.3. The molecule has 0 radical (unpaired) electrons. The summed E-state index contributed by atoms with van der Waals surface area (Å²) in [6.45, 7) is 0. The molecule has 0 N–H and O–H groups in total. The normalized spacial score (nSPS) is 3.25. The van der Waals surface area contributed by atoms with Gasteiger partial charge in [-0.15, -0.1) is 4.91 Å². The Morgan fingerprint density at radius 3 is 1.75 bits per heavy atom. The average molecular weight is 99.5 g/mol. The van der Waals surface area contributed by atoms with Gasteiger partial charge in [0.2, 0.25) is 0 Å². The van der Waals surface area contributed by atoms with Crippen LogP contribution < -0.4 is 0 Å². The fraction of sp³-hybridized carbons (Fsp3) is 0. The predicted molar refractivity (Wildman–Crippen MR) is 22.8 cm³/mol. The van der Waals surface area contributed by atoms with Gasteiger partial charge in [-0.3, -0.25) is 0 Å². The third kappa shape index (κ3) is 39.5. The molecule has 0 aromatic heterocycles. The summed E-state index contributed by atoms with van der Waals surface area (Å²) in [5.41, 5.74) is 0. The first kappa shape index (κ1) is 8.85. The van der Waals surface area contributed by atoms with Gasteiger partial charge in [0.05, 0.1) is 11.8 Å². The van der Waals surface area contributed by atoms with E-state index in [4.69, 9.17) is 4.91 Å². The molecule has 0 fully saturated rings. The van der Waals surface area contributed by atoms with E-state index < -0.39 is 0 Å². The van der Waals surface area contributed by atoms with Crippen LogP contribution in [0.25, 0.3) is 0 Å². The van der Waals surface area contributed by atoms with E-state index >= 15 is 0 Å². The molecule has 4 heteroatoms. The minimum absolute atomic E-state index is 0. The molecule has 0 aliphatic carbocycles. The molecule has 0 aliphatic heterocycles. The standard InChI is InChI=1S/ClNO.H3P/c1-2-3;/h;1H3. The van der Waals surface area contributed by atoms with Gasteiger partial charge in [0.15, 0.2) is 0 Å². The van der Waals surface area contributed by atoms with Crippen LogP contribution in [-0.2, 0) is 0 Å². The Labute approximate surface area is 32.2 Å². The lowest BCUT2D eigenvalue weighted by atomic mass is 13.7. The Morgan fingerprint density at radius 1 is 1.75 bits per heavy atom. The van der Waals surface area contributed by atoms with Crippen LogP contribution in [0.1, 0.15) is 0 Å². The van der Waals surface area contributed by atoms with E-state index in [1.54, 1.807) is 4.70 Å². The summed E-state index contributed by atoms with van der Waals surface area (Å²) in [7, 11) is 0. The molecular weight excluding hydrogens is 96.4 g/mol. The number of hydrogen-bond donors (Lipinski definition) is 0. The second-order valence-electron chi connectivity index (χ2n) is 0.0690. The summed E-state index contributed by atoms with van der Waals surface area (Å²) >= 11 is 4.07. The zero-order valence-corrected chi connectivity index (χ0v) is 4.11. The minimum atomic E-state index is 0. The summed E-state index contributed by atoms with van der Waals surface area (Å²) in [6.07, 6.45) is 0. The van der Waals surface area contributed by atoms with Crippen LogP contribution in [0, 0.1) is 4.91 Å². The molecular formula is H3ClNOP. The third-order valence-electron chi connectivity index (χ3n) is 0. The molecule has 2 nitrogen and oxygen atoms in total. The zero-order chi connectivity index (χ0) is 2.71. The number of hydrogen-bond acceptors (Lipinski definition) is 2. The highest BCUT2D eigenvalue weighted by atomic mass is 35.5. The summed E-state index contributed by atoms with van der Waals surface area (Å²) in [6, 6.07) is 0. The van der Waals surface area contributed by atoms with Crippen LogP contribution >= 0.6 is 21.7 Å². The molecule has 0 aromatic carbocycles. The Bertz CT molecular complexity index is 15.5. The summed E-state index contributed by atoms with van der Waals surface area (Å²) in [5, 5.41) is 0. The minimum Gasteiger partial charge on any atom is -0.153 e. The van der Waals surface area contributed by atoms with E-state index in [2.05, 4.69) is 11.8 Å². The lowest BCUT2D eigenvalue weighted by molar-refractivity contribution is 1.85. The van der Waals surface area contributed by atoms with Gasteiger partial charge in [-0.1, -0.05) is 0 Å². The van der Waals surface area contributed by atoms with Gasteiger partial charge < -0.3 is 0 Å². The van der Waals surface area contributed by atoms with E-state index in [0.717, 1.165) is 0 Å². The van der Waals surface area contributed by atoms with Gasteiger partial charge in [-0.25, -0.2) is 0 Å². The summed E-state index contributed by atoms with van der Waals surface area (Å²) in [5.74, 6) is 0. The molecule has 0 rings (SSSR count). The Hall–Kier alpha value is 0.320. The summed E-state index contributed by atoms with van der Waals surface area (Å²) < 4.78 is 1.72. The molecule has 0 saturated heterocycles. The van der Waals surface area contributed by atoms with E-state index in [1.807, 2.05) is 0 Å². The first-order valence-corrected chi connectivity index (χ1v) is 0.690.